The van der Waals surface area contributed by atoms with Crippen molar-refractivity contribution in [2.24, 2.45) is 0 Å². The molecule has 0 spiro atoms. The molecule has 0 aliphatic heterocycles. The number of rotatable bonds is 0. The van der Waals surface area contributed by atoms with Crippen LogP contribution in [0.15, 0.2) is 0 Å². The van der Waals surface area contributed by atoms with Crippen LogP contribution < -0.4 is 0 Å². The summed E-state index contributed by atoms with van der Waals surface area (Å²) in [6.45, 7) is 0. The van der Waals surface area contributed by atoms with Gasteiger partial charge in [0.25, 0.3) is 0 Å². The van der Waals surface area contributed by atoms with Gasteiger partial charge >= 0.3 is 33.3 Å². The molecule has 0 unspecified atom stereocenters. The average molecular weight is 154 g/mol. The van der Waals surface area contributed by atoms with Gasteiger partial charge in [-0.25, -0.2) is 0 Å². The summed E-state index contributed by atoms with van der Waals surface area (Å²) in [5.41, 5.74) is 0. The minimum absolute atomic E-state index is 0. The van der Waals surface area contributed by atoms with Crippen LogP contribution in [0, 0.1) is 0 Å². The zero-order valence-electron chi connectivity index (χ0n) is 1.69. The zero-order chi connectivity index (χ0) is 2.71. The van der Waals surface area contributed by atoms with E-state index in [1.54, 1.807) is 0 Å². The van der Waals surface area contributed by atoms with E-state index >= 15 is 0 Å². The summed E-state index contributed by atoms with van der Waals surface area (Å²) in [5.74, 6) is 0. The molecule has 0 nitrogen and oxygen atoms in total. The van der Waals surface area contributed by atoms with Crippen LogP contribution in [0.4, 0.5) is 0 Å². The van der Waals surface area contributed by atoms with Gasteiger partial charge in [-0.2, -0.15) is 0 Å². The Morgan fingerprint density at radius 2 is 1.25 bits per heavy atom. The van der Waals surface area contributed by atoms with E-state index in [1.807, 2.05) is 0 Å². The first-order valence-corrected chi connectivity index (χ1v) is 3.31. The summed E-state index contributed by atoms with van der Waals surface area (Å²) in [4.78, 5) is 0. The third-order valence-electron chi connectivity index (χ3n) is 0. The van der Waals surface area contributed by atoms with Gasteiger partial charge < -0.3 is 0 Å². The van der Waals surface area contributed by atoms with Crippen LogP contribution in [0.5, 0.6) is 0 Å². The minimum atomic E-state index is 0. The van der Waals surface area contributed by atoms with Crippen molar-refractivity contribution in [2.45, 2.75) is 0 Å². The molecule has 25 valence electrons. The van der Waals surface area contributed by atoms with E-state index in [0.29, 0.717) is 0 Å². The molecule has 0 saturated carbocycles. The topological polar surface area (TPSA) is 0 Å². The normalized spacial score (nSPS) is 5.50. The maximum absolute atomic E-state index is 4.76. The van der Waals surface area contributed by atoms with E-state index in [1.165, 1.54) is 0 Å². The van der Waals surface area contributed by atoms with Crippen LogP contribution in [0.2, 0.25) is 0 Å². The van der Waals surface area contributed by atoms with Crippen molar-refractivity contribution < 1.29 is 13.1 Å². The quantitative estimate of drug-likeness (QED) is 0.456. The molecular formula is AlCl2Fe. The Kier molecular flexibility index (Phi) is 20.2. The summed E-state index contributed by atoms with van der Waals surface area (Å²) in [6, 6.07) is 0. The fraction of sp³-hybridized carbons (Fsp3) is 0. The molecule has 4 heavy (non-hydrogen) atoms. The van der Waals surface area contributed by atoms with Crippen molar-refractivity contribution in [2.75, 3.05) is 0 Å². The molecule has 0 aliphatic carbocycles. The van der Waals surface area contributed by atoms with Crippen LogP contribution in [-0.4, -0.2) is 17.4 Å². The van der Waals surface area contributed by atoms with E-state index in [0.717, 1.165) is 0 Å². The summed E-state index contributed by atoms with van der Waals surface area (Å²) in [5, 5.41) is 0. The van der Waals surface area contributed by atoms with E-state index in [2.05, 4.69) is 0 Å². The second kappa shape index (κ2) is 8.82. The Bertz CT molecular complexity index is 6.00. The number of hydrogen-bond acceptors (Lipinski definition) is 0. The summed E-state index contributed by atoms with van der Waals surface area (Å²) in [6.07, 6.45) is 0. The Labute approximate surface area is 50.6 Å². The van der Waals surface area contributed by atoms with Gasteiger partial charge in [0.2, 0.25) is 0 Å². The van der Waals surface area contributed by atoms with Crippen molar-refractivity contribution in [3.05, 3.63) is 0 Å². The molecule has 0 bridgehead atoms. The van der Waals surface area contributed by atoms with Crippen LogP contribution in [0.25, 0.3) is 0 Å². The van der Waals surface area contributed by atoms with E-state index < -0.39 is 0 Å². The van der Waals surface area contributed by atoms with E-state index in [4.69, 9.17) is 20.2 Å². The maximum atomic E-state index is 4.76. The molecule has 0 fully saturated rings. The molecule has 0 aromatic rings. The van der Waals surface area contributed by atoms with Crippen LogP contribution in [-0.2, 0) is 13.1 Å². The fourth-order valence-electron chi connectivity index (χ4n) is 0. The molecule has 0 aromatic heterocycles. The van der Waals surface area contributed by atoms with Crippen LogP contribution in [0.1, 0.15) is 0 Å². The van der Waals surface area contributed by atoms with Gasteiger partial charge in [0.1, 0.15) is 0 Å². The molecule has 0 heterocycles. The number of halogens is 2. The van der Waals surface area contributed by atoms with Crippen molar-refractivity contribution in [1.29, 1.82) is 0 Å². The Hall–Kier alpha value is 1.63. The first-order valence-electron chi connectivity index (χ1n) is 0.267. The van der Waals surface area contributed by atoms with Crippen LogP contribution >= 0.6 is 20.2 Å². The predicted molar refractivity (Wildman–Crippen MR) is 17.5 cm³/mol. The Morgan fingerprint density at radius 3 is 1.25 bits per heavy atom. The fourth-order valence-corrected chi connectivity index (χ4v) is 0. The second-order valence-corrected chi connectivity index (χ2v) is 1.87. The van der Waals surface area contributed by atoms with Gasteiger partial charge in [-0.15, -0.1) is 0 Å². The average Bonchev–Trinajstić information content (AvgIpc) is 0.918. The summed E-state index contributed by atoms with van der Waals surface area (Å²) >= 11 is 0.194. The van der Waals surface area contributed by atoms with Crippen molar-refractivity contribution in [3.63, 3.8) is 0 Å². The van der Waals surface area contributed by atoms with Gasteiger partial charge in [-0.05, 0) is 0 Å². The van der Waals surface area contributed by atoms with Gasteiger partial charge in [-0.3, -0.25) is 0 Å². The molecule has 0 aliphatic rings. The molecule has 0 amide bonds. The SMILES string of the molecule is [Al].[Cl][Fe][Cl]. The van der Waals surface area contributed by atoms with Gasteiger partial charge in [-0.1, -0.05) is 0 Å². The zero-order valence-corrected chi connectivity index (χ0v) is 5.46. The Balaban J connectivity index is 0. The van der Waals surface area contributed by atoms with Gasteiger partial charge in [0.05, 0.1) is 0 Å². The van der Waals surface area contributed by atoms with Crippen molar-refractivity contribution in [1.82, 2.24) is 0 Å². The molecular weight excluding hydrogens is 154 g/mol. The first-order chi connectivity index (χ1) is 1.41. The third-order valence-corrected chi connectivity index (χ3v) is 0. The first kappa shape index (κ1) is 9.16. The number of hydrogen-bond donors (Lipinski definition) is 0. The van der Waals surface area contributed by atoms with Gasteiger partial charge in [0.15, 0.2) is 0 Å². The molecule has 0 atom stereocenters. The van der Waals surface area contributed by atoms with Crippen molar-refractivity contribution >= 4 is 37.6 Å². The summed E-state index contributed by atoms with van der Waals surface area (Å²) in [7, 11) is 9.53. The second-order valence-electron chi connectivity index (χ2n) is 0.0505. The molecule has 0 aromatic carbocycles. The predicted octanol–water partition coefficient (Wildman–Crippen LogP) is 0.996. The van der Waals surface area contributed by atoms with E-state index in [9.17, 15) is 0 Å². The molecule has 0 saturated heterocycles. The van der Waals surface area contributed by atoms with Crippen molar-refractivity contribution in [3.8, 4) is 0 Å². The monoisotopic (exact) mass is 153 g/mol. The standard InChI is InChI=1S/Al.2ClH.Fe/h;2*1H;/q;;;+2/p-2. The van der Waals surface area contributed by atoms with Gasteiger partial charge in [0, 0.05) is 17.4 Å². The van der Waals surface area contributed by atoms with E-state index in [-0.39, 0.29) is 30.5 Å². The Morgan fingerprint density at radius 1 is 1.25 bits per heavy atom. The molecule has 3 radical (unpaired) electrons. The molecule has 4 heteroatoms. The third kappa shape index (κ3) is 9.45. The van der Waals surface area contributed by atoms with Crippen LogP contribution in [0.3, 0.4) is 0 Å². The molecule has 0 N–H and O–H groups in total. The molecule has 0 rings (SSSR count). The summed E-state index contributed by atoms with van der Waals surface area (Å²) < 4.78 is 0.